The zero-order chi connectivity index (χ0) is 21.7. The van der Waals surface area contributed by atoms with Gasteiger partial charge in [-0.25, -0.2) is 4.79 Å². The van der Waals surface area contributed by atoms with E-state index < -0.39 is 12.1 Å². The SMILES string of the molecule is C/C(=C(\C(=O)O[C@@H]1C[C@H](C)CC[C@H]1C(C)C)[C@H](O)c1ccccc1)c1ccccc1. The normalized spacial score (nSPS) is 23.6. The monoisotopic (exact) mass is 406 g/mol. The Morgan fingerprint density at radius 1 is 1.00 bits per heavy atom. The van der Waals surface area contributed by atoms with Gasteiger partial charge in [0.05, 0.1) is 5.57 Å². The Morgan fingerprint density at radius 3 is 2.20 bits per heavy atom. The van der Waals surface area contributed by atoms with Gasteiger partial charge in [-0.05, 0) is 54.2 Å². The summed E-state index contributed by atoms with van der Waals surface area (Å²) in [6.07, 6.45) is 2.00. The van der Waals surface area contributed by atoms with Crippen LogP contribution in [0.5, 0.6) is 0 Å². The van der Waals surface area contributed by atoms with Crippen molar-refractivity contribution in [2.75, 3.05) is 0 Å². The second kappa shape index (κ2) is 10.1. The second-order valence-electron chi connectivity index (χ2n) is 8.99. The number of carbonyl (C=O) groups excluding carboxylic acids is 1. The Balaban J connectivity index is 1.96. The Morgan fingerprint density at radius 2 is 1.60 bits per heavy atom. The van der Waals surface area contributed by atoms with E-state index in [1.54, 1.807) is 0 Å². The average Bonchev–Trinajstić information content (AvgIpc) is 2.74. The van der Waals surface area contributed by atoms with E-state index in [-0.39, 0.29) is 6.10 Å². The van der Waals surface area contributed by atoms with Crippen LogP contribution in [0.1, 0.15) is 64.2 Å². The summed E-state index contributed by atoms with van der Waals surface area (Å²) in [4.78, 5) is 13.5. The zero-order valence-corrected chi connectivity index (χ0v) is 18.5. The van der Waals surface area contributed by atoms with Crippen molar-refractivity contribution >= 4 is 11.5 Å². The van der Waals surface area contributed by atoms with Crippen LogP contribution in [0.4, 0.5) is 0 Å². The lowest BCUT2D eigenvalue weighted by atomic mass is 9.75. The molecule has 1 aliphatic rings. The van der Waals surface area contributed by atoms with E-state index in [9.17, 15) is 9.90 Å². The predicted octanol–water partition coefficient (Wildman–Crippen LogP) is 6.20. The second-order valence-corrected chi connectivity index (χ2v) is 8.99. The molecule has 0 unspecified atom stereocenters. The summed E-state index contributed by atoms with van der Waals surface area (Å²) in [6, 6.07) is 19.1. The van der Waals surface area contributed by atoms with Crippen LogP contribution in [0.25, 0.3) is 5.57 Å². The molecule has 1 aliphatic carbocycles. The van der Waals surface area contributed by atoms with Gasteiger partial charge in [-0.3, -0.25) is 0 Å². The first-order chi connectivity index (χ1) is 14.4. The van der Waals surface area contributed by atoms with Crippen molar-refractivity contribution in [3.05, 3.63) is 77.4 Å². The molecule has 2 aromatic carbocycles. The molecule has 3 nitrogen and oxygen atoms in total. The molecule has 0 aromatic heterocycles. The van der Waals surface area contributed by atoms with Gasteiger partial charge < -0.3 is 9.84 Å². The minimum atomic E-state index is -1.03. The fourth-order valence-corrected chi connectivity index (χ4v) is 4.57. The molecule has 2 aromatic rings. The topological polar surface area (TPSA) is 46.5 Å². The van der Waals surface area contributed by atoms with Crippen molar-refractivity contribution in [2.45, 2.75) is 59.2 Å². The molecule has 0 radical (unpaired) electrons. The lowest BCUT2D eigenvalue weighted by Crippen LogP contribution is -2.36. The first-order valence-electron chi connectivity index (χ1n) is 11.1. The van der Waals surface area contributed by atoms with Gasteiger partial charge in [0, 0.05) is 0 Å². The van der Waals surface area contributed by atoms with Crippen LogP contribution < -0.4 is 0 Å². The quantitative estimate of drug-likeness (QED) is 0.459. The summed E-state index contributed by atoms with van der Waals surface area (Å²) in [5.74, 6) is 0.950. The van der Waals surface area contributed by atoms with Crippen LogP contribution in [-0.4, -0.2) is 17.2 Å². The highest BCUT2D eigenvalue weighted by Gasteiger charge is 2.35. The van der Waals surface area contributed by atoms with E-state index in [0.29, 0.717) is 28.9 Å². The van der Waals surface area contributed by atoms with Gasteiger partial charge in [0.25, 0.3) is 0 Å². The molecule has 160 valence electrons. The van der Waals surface area contributed by atoms with Gasteiger partial charge in [0.1, 0.15) is 12.2 Å². The summed E-state index contributed by atoms with van der Waals surface area (Å²) >= 11 is 0. The number of hydrogen-bond donors (Lipinski definition) is 1. The molecule has 1 saturated carbocycles. The number of aliphatic hydroxyl groups excluding tert-OH is 1. The molecule has 0 heterocycles. The smallest absolute Gasteiger partial charge is 0.337 e. The number of aliphatic hydroxyl groups is 1. The number of carbonyl (C=O) groups is 1. The molecule has 0 bridgehead atoms. The number of ether oxygens (including phenoxy) is 1. The van der Waals surface area contributed by atoms with Crippen LogP contribution in [0, 0.1) is 17.8 Å². The predicted molar refractivity (Wildman–Crippen MR) is 122 cm³/mol. The van der Waals surface area contributed by atoms with E-state index in [2.05, 4.69) is 20.8 Å². The van der Waals surface area contributed by atoms with Crippen molar-refractivity contribution in [2.24, 2.45) is 17.8 Å². The summed E-state index contributed by atoms with van der Waals surface area (Å²) in [5, 5.41) is 11.2. The van der Waals surface area contributed by atoms with Crippen molar-refractivity contribution in [1.82, 2.24) is 0 Å². The first-order valence-corrected chi connectivity index (χ1v) is 11.1. The van der Waals surface area contributed by atoms with E-state index >= 15 is 0 Å². The van der Waals surface area contributed by atoms with E-state index in [1.165, 1.54) is 6.42 Å². The van der Waals surface area contributed by atoms with Gasteiger partial charge >= 0.3 is 5.97 Å². The fraction of sp³-hybridized carbons (Fsp3) is 0.444. The van der Waals surface area contributed by atoms with Crippen molar-refractivity contribution < 1.29 is 14.6 Å². The summed E-state index contributed by atoms with van der Waals surface area (Å²) < 4.78 is 6.13. The summed E-state index contributed by atoms with van der Waals surface area (Å²) in [6.45, 7) is 8.52. The minimum absolute atomic E-state index is 0.109. The molecule has 0 spiro atoms. The molecule has 0 aliphatic heterocycles. The van der Waals surface area contributed by atoms with Crippen LogP contribution >= 0.6 is 0 Å². The molecular formula is C27H34O3. The summed E-state index contributed by atoms with van der Waals surface area (Å²) in [7, 11) is 0. The fourth-order valence-electron chi connectivity index (χ4n) is 4.57. The van der Waals surface area contributed by atoms with Gasteiger partial charge in [-0.2, -0.15) is 0 Å². The Hall–Kier alpha value is -2.39. The minimum Gasteiger partial charge on any atom is -0.459 e. The van der Waals surface area contributed by atoms with Gasteiger partial charge in [-0.15, -0.1) is 0 Å². The third-order valence-corrected chi connectivity index (χ3v) is 6.44. The molecular weight excluding hydrogens is 372 g/mol. The number of rotatable bonds is 6. The molecule has 30 heavy (non-hydrogen) atoms. The zero-order valence-electron chi connectivity index (χ0n) is 18.5. The van der Waals surface area contributed by atoms with Gasteiger partial charge in [0.2, 0.25) is 0 Å². The maximum atomic E-state index is 13.5. The maximum absolute atomic E-state index is 13.5. The average molecular weight is 407 g/mol. The lowest BCUT2D eigenvalue weighted by Gasteiger charge is -2.37. The third kappa shape index (κ3) is 5.20. The Bertz CT molecular complexity index is 854. The van der Waals surface area contributed by atoms with Crippen molar-refractivity contribution in [3.8, 4) is 0 Å². The molecule has 4 atom stereocenters. The van der Waals surface area contributed by atoms with Gasteiger partial charge in [-0.1, -0.05) is 87.9 Å². The molecule has 0 amide bonds. The van der Waals surface area contributed by atoms with E-state index in [0.717, 1.165) is 24.0 Å². The first kappa shape index (κ1) is 22.3. The van der Waals surface area contributed by atoms with Crippen LogP contribution in [0.15, 0.2) is 66.2 Å². The highest BCUT2D eigenvalue weighted by atomic mass is 16.5. The van der Waals surface area contributed by atoms with Gasteiger partial charge in [0.15, 0.2) is 0 Å². The largest absolute Gasteiger partial charge is 0.459 e. The molecule has 3 rings (SSSR count). The number of esters is 1. The van der Waals surface area contributed by atoms with Crippen molar-refractivity contribution in [1.29, 1.82) is 0 Å². The van der Waals surface area contributed by atoms with Crippen LogP contribution in [0.2, 0.25) is 0 Å². The van der Waals surface area contributed by atoms with Crippen LogP contribution in [0.3, 0.4) is 0 Å². The summed E-state index contributed by atoms with van der Waals surface area (Å²) in [5.41, 5.74) is 2.68. The number of allylic oxidation sites excluding steroid dienone is 1. The van der Waals surface area contributed by atoms with Crippen molar-refractivity contribution in [3.63, 3.8) is 0 Å². The van der Waals surface area contributed by atoms with E-state index in [4.69, 9.17) is 4.74 Å². The third-order valence-electron chi connectivity index (χ3n) is 6.44. The Kier molecular flexibility index (Phi) is 7.49. The maximum Gasteiger partial charge on any atom is 0.337 e. The number of benzene rings is 2. The van der Waals surface area contributed by atoms with E-state index in [1.807, 2.05) is 67.6 Å². The number of hydrogen-bond acceptors (Lipinski definition) is 3. The molecule has 1 N–H and O–H groups in total. The standard InChI is InChI=1S/C27H34O3/c1-18(2)23-16-15-19(3)17-24(23)30-27(29)25(20(4)21-11-7-5-8-12-21)26(28)22-13-9-6-10-14-22/h5-14,18-19,23-24,26,28H,15-17H2,1-4H3/b25-20+/t19-,23+,24-,26-/m1/s1. The van der Waals surface area contributed by atoms with Crippen LogP contribution in [-0.2, 0) is 9.53 Å². The Labute approximate surface area is 180 Å². The molecule has 0 saturated heterocycles. The highest BCUT2D eigenvalue weighted by molar-refractivity contribution is 5.98. The lowest BCUT2D eigenvalue weighted by molar-refractivity contribution is -0.152. The highest BCUT2D eigenvalue weighted by Crippen LogP contribution is 2.37. The molecule has 1 fully saturated rings. The molecule has 3 heteroatoms.